The molecule has 0 aliphatic carbocycles. The summed E-state index contributed by atoms with van der Waals surface area (Å²) in [5.41, 5.74) is 3.50. The van der Waals surface area contributed by atoms with Crippen molar-refractivity contribution in [2.75, 3.05) is 13.2 Å². The normalized spacial score (nSPS) is 15.8. The van der Waals surface area contributed by atoms with E-state index in [2.05, 4.69) is 5.32 Å². The Morgan fingerprint density at radius 2 is 1.48 bits per heavy atom. The second-order valence-electron chi connectivity index (χ2n) is 7.16. The minimum absolute atomic E-state index is 0.0624. The summed E-state index contributed by atoms with van der Waals surface area (Å²) in [6.07, 6.45) is 2.04. The third-order valence-corrected chi connectivity index (χ3v) is 5.18. The van der Waals surface area contributed by atoms with Crippen molar-refractivity contribution in [2.45, 2.75) is 18.9 Å². The van der Waals surface area contributed by atoms with Gasteiger partial charge in [-0.3, -0.25) is 9.59 Å². The number of hydrogen-bond acceptors (Lipinski definition) is 3. The number of benzene rings is 3. The molecule has 1 aliphatic rings. The van der Waals surface area contributed by atoms with E-state index in [4.69, 9.17) is 4.74 Å². The average Bonchev–Trinajstić information content (AvgIpc) is 3.31. The third kappa shape index (κ3) is 4.44. The number of amides is 1. The molecule has 1 saturated heterocycles. The summed E-state index contributed by atoms with van der Waals surface area (Å²) in [6, 6.07) is 24.4. The van der Waals surface area contributed by atoms with Gasteiger partial charge in [-0.2, -0.15) is 0 Å². The van der Waals surface area contributed by atoms with Gasteiger partial charge in [0.25, 0.3) is 5.91 Å². The number of ketones is 1. The van der Waals surface area contributed by atoms with Gasteiger partial charge in [0.05, 0.1) is 11.7 Å². The van der Waals surface area contributed by atoms with Crippen molar-refractivity contribution in [3.8, 4) is 11.1 Å². The van der Waals surface area contributed by atoms with Crippen LogP contribution in [0.15, 0.2) is 78.9 Å². The first-order valence-electron chi connectivity index (χ1n) is 9.91. The number of carbonyl (C=O) groups is 2. The van der Waals surface area contributed by atoms with Crippen LogP contribution in [0.5, 0.6) is 0 Å². The Morgan fingerprint density at radius 1 is 0.828 bits per heavy atom. The van der Waals surface area contributed by atoms with E-state index in [0.29, 0.717) is 23.2 Å². The van der Waals surface area contributed by atoms with E-state index in [1.807, 2.05) is 54.6 Å². The molecule has 1 atom stereocenters. The van der Waals surface area contributed by atoms with Crippen LogP contribution in [0, 0.1) is 0 Å². The van der Waals surface area contributed by atoms with Gasteiger partial charge in [-0.25, -0.2) is 0 Å². The van der Waals surface area contributed by atoms with Crippen molar-refractivity contribution in [3.05, 3.63) is 95.6 Å². The molecule has 146 valence electrons. The fraction of sp³-hybridized carbons (Fsp3) is 0.200. The molecule has 1 heterocycles. The van der Waals surface area contributed by atoms with Gasteiger partial charge >= 0.3 is 0 Å². The highest BCUT2D eigenvalue weighted by molar-refractivity contribution is 6.15. The van der Waals surface area contributed by atoms with Crippen LogP contribution in [0.25, 0.3) is 11.1 Å². The lowest BCUT2D eigenvalue weighted by Crippen LogP contribution is -2.32. The smallest absolute Gasteiger partial charge is 0.252 e. The molecule has 29 heavy (non-hydrogen) atoms. The van der Waals surface area contributed by atoms with Crippen molar-refractivity contribution in [3.63, 3.8) is 0 Å². The van der Waals surface area contributed by atoms with E-state index in [1.54, 1.807) is 24.3 Å². The highest BCUT2D eigenvalue weighted by Gasteiger charge is 2.20. The quantitative estimate of drug-likeness (QED) is 0.636. The Balaban J connectivity index is 1.52. The van der Waals surface area contributed by atoms with Gasteiger partial charge in [-0.15, -0.1) is 0 Å². The highest BCUT2D eigenvalue weighted by atomic mass is 16.5. The molecule has 0 unspecified atom stereocenters. The Bertz CT molecular complexity index is 990. The van der Waals surface area contributed by atoms with E-state index < -0.39 is 0 Å². The zero-order valence-corrected chi connectivity index (χ0v) is 16.1. The molecule has 1 amide bonds. The topological polar surface area (TPSA) is 55.4 Å². The first kappa shape index (κ1) is 19.1. The lowest BCUT2D eigenvalue weighted by molar-refractivity contribution is 0.0853. The molecule has 0 aromatic heterocycles. The minimum Gasteiger partial charge on any atom is -0.376 e. The molecular weight excluding hydrogens is 362 g/mol. The van der Waals surface area contributed by atoms with Crippen molar-refractivity contribution in [2.24, 2.45) is 0 Å². The molecule has 4 rings (SSSR count). The van der Waals surface area contributed by atoms with Gasteiger partial charge in [0.2, 0.25) is 0 Å². The van der Waals surface area contributed by atoms with Gasteiger partial charge in [-0.05, 0) is 30.0 Å². The maximum absolute atomic E-state index is 13.1. The van der Waals surface area contributed by atoms with Crippen LogP contribution >= 0.6 is 0 Å². The maximum Gasteiger partial charge on any atom is 0.252 e. The predicted octanol–water partition coefficient (Wildman–Crippen LogP) is 4.49. The number of ether oxygens (including phenoxy) is 1. The number of carbonyl (C=O) groups excluding carboxylic acids is 2. The Morgan fingerprint density at radius 3 is 2.17 bits per heavy atom. The summed E-state index contributed by atoms with van der Waals surface area (Å²) in [5.74, 6) is -0.405. The van der Waals surface area contributed by atoms with Crippen LogP contribution in [0.1, 0.15) is 39.1 Å². The standard InChI is InChI=1S/C25H23NO3/c27-24(20-14-12-19(13-15-20)18-7-2-1-3-8-18)22-10-4-5-11-23(22)25(28)26-17-21-9-6-16-29-21/h1-5,7-8,10-15,21H,6,9,16-17H2,(H,26,28)/t21-/m1/s1. The van der Waals surface area contributed by atoms with Crippen LogP contribution in [-0.4, -0.2) is 30.9 Å². The largest absolute Gasteiger partial charge is 0.376 e. The summed E-state index contributed by atoms with van der Waals surface area (Å²) < 4.78 is 5.55. The van der Waals surface area contributed by atoms with E-state index in [9.17, 15) is 9.59 Å². The molecule has 4 heteroatoms. The van der Waals surface area contributed by atoms with Gasteiger partial charge in [0, 0.05) is 24.3 Å². The van der Waals surface area contributed by atoms with E-state index in [0.717, 1.165) is 30.6 Å². The number of rotatable bonds is 6. The molecule has 0 bridgehead atoms. The van der Waals surface area contributed by atoms with Crippen LogP contribution in [-0.2, 0) is 4.74 Å². The monoisotopic (exact) mass is 385 g/mol. The molecule has 1 fully saturated rings. The average molecular weight is 385 g/mol. The summed E-state index contributed by atoms with van der Waals surface area (Å²) in [6.45, 7) is 1.21. The molecule has 0 saturated carbocycles. The SMILES string of the molecule is O=C(NC[C@H]1CCCO1)c1ccccc1C(=O)c1ccc(-c2ccccc2)cc1. The molecule has 1 N–H and O–H groups in total. The molecule has 3 aromatic carbocycles. The fourth-order valence-corrected chi connectivity index (χ4v) is 3.59. The molecule has 3 aromatic rings. The molecule has 0 radical (unpaired) electrons. The number of hydrogen-bond donors (Lipinski definition) is 1. The van der Waals surface area contributed by atoms with E-state index in [1.165, 1.54) is 0 Å². The van der Waals surface area contributed by atoms with E-state index in [-0.39, 0.29) is 17.8 Å². The van der Waals surface area contributed by atoms with Crippen LogP contribution < -0.4 is 5.32 Å². The second-order valence-corrected chi connectivity index (χ2v) is 7.16. The Hall–Kier alpha value is -3.24. The summed E-state index contributed by atoms with van der Waals surface area (Å²) in [4.78, 5) is 25.8. The first-order valence-corrected chi connectivity index (χ1v) is 9.91. The fourth-order valence-electron chi connectivity index (χ4n) is 3.59. The van der Waals surface area contributed by atoms with Crippen molar-refractivity contribution >= 4 is 11.7 Å². The molecular formula is C25H23NO3. The first-order chi connectivity index (χ1) is 14.2. The Labute approximate surface area is 170 Å². The second kappa shape index (κ2) is 8.84. The van der Waals surface area contributed by atoms with Crippen molar-refractivity contribution in [1.82, 2.24) is 5.32 Å². The highest BCUT2D eigenvalue weighted by Crippen LogP contribution is 2.21. The zero-order chi connectivity index (χ0) is 20.1. The van der Waals surface area contributed by atoms with Gasteiger partial charge in [0.1, 0.15) is 0 Å². The van der Waals surface area contributed by atoms with Gasteiger partial charge < -0.3 is 10.1 Å². The van der Waals surface area contributed by atoms with Crippen molar-refractivity contribution in [1.29, 1.82) is 0 Å². The lowest BCUT2D eigenvalue weighted by Gasteiger charge is -2.13. The molecule has 0 spiro atoms. The zero-order valence-electron chi connectivity index (χ0n) is 16.1. The Kier molecular flexibility index (Phi) is 5.82. The molecule has 1 aliphatic heterocycles. The van der Waals surface area contributed by atoms with E-state index >= 15 is 0 Å². The number of nitrogens with one attached hydrogen (secondary N) is 1. The van der Waals surface area contributed by atoms with Gasteiger partial charge in [0.15, 0.2) is 5.78 Å². The summed E-state index contributed by atoms with van der Waals surface area (Å²) in [5, 5.41) is 2.90. The summed E-state index contributed by atoms with van der Waals surface area (Å²) >= 11 is 0. The predicted molar refractivity (Wildman–Crippen MR) is 113 cm³/mol. The summed E-state index contributed by atoms with van der Waals surface area (Å²) in [7, 11) is 0. The van der Waals surface area contributed by atoms with Crippen molar-refractivity contribution < 1.29 is 14.3 Å². The van der Waals surface area contributed by atoms with Crippen LogP contribution in [0.4, 0.5) is 0 Å². The lowest BCUT2D eigenvalue weighted by atomic mass is 9.96. The van der Waals surface area contributed by atoms with Crippen LogP contribution in [0.2, 0.25) is 0 Å². The molecule has 4 nitrogen and oxygen atoms in total. The maximum atomic E-state index is 13.1. The minimum atomic E-state index is -0.245. The van der Waals surface area contributed by atoms with Crippen LogP contribution in [0.3, 0.4) is 0 Å². The third-order valence-electron chi connectivity index (χ3n) is 5.18. The van der Waals surface area contributed by atoms with Gasteiger partial charge in [-0.1, -0.05) is 72.8 Å².